The van der Waals surface area contributed by atoms with Gasteiger partial charge in [0.05, 0.1) is 0 Å². The molecule has 0 unspecified atom stereocenters. The summed E-state index contributed by atoms with van der Waals surface area (Å²) in [6, 6.07) is 0. The van der Waals surface area contributed by atoms with Crippen molar-refractivity contribution in [3.8, 4) is 0 Å². The summed E-state index contributed by atoms with van der Waals surface area (Å²) in [5.41, 5.74) is 5.28. The first kappa shape index (κ1) is 11.2. The van der Waals surface area contributed by atoms with Crippen molar-refractivity contribution >= 4 is 13.5 Å². The third-order valence-electron chi connectivity index (χ3n) is 0.986. The predicted octanol–water partition coefficient (Wildman–Crippen LogP) is 1.49. The van der Waals surface area contributed by atoms with Gasteiger partial charge in [-0.05, 0) is 25.3 Å². The van der Waals surface area contributed by atoms with Gasteiger partial charge in [-0.1, -0.05) is 13.8 Å². The van der Waals surface area contributed by atoms with Crippen molar-refractivity contribution in [2.45, 2.75) is 26.7 Å². The molecule has 0 fully saturated rings. The van der Waals surface area contributed by atoms with Gasteiger partial charge in [0, 0.05) is 0 Å². The fourth-order valence-corrected chi connectivity index (χ4v) is 0.526. The van der Waals surface area contributed by atoms with E-state index >= 15 is 0 Å². The summed E-state index contributed by atoms with van der Waals surface area (Å²) in [5.74, 6) is 0.823. The molecule has 0 aliphatic heterocycles. The first-order chi connectivity index (χ1) is 3.27. The summed E-state index contributed by atoms with van der Waals surface area (Å²) in [6.45, 7) is 5.28. The molecule has 0 saturated heterocycles. The van der Waals surface area contributed by atoms with Gasteiger partial charge in [-0.25, -0.2) is 0 Å². The normalized spacial score (nSPS) is 9.00. The zero-order valence-electron chi connectivity index (χ0n) is 5.78. The number of nitrogens with two attached hydrogens (primary N) is 1. The lowest BCUT2D eigenvalue weighted by atomic mass is 10.1. The molecule has 8 heavy (non-hydrogen) atoms. The van der Waals surface area contributed by atoms with E-state index in [9.17, 15) is 0 Å². The van der Waals surface area contributed by atoms with Gasteiger partial charge >= 0.3 is 0 Å². The van der Waals surface area contributed by atoms with Crippen LogP contribution in [0.15, 0.2) is 0 Å². The maximum atomic E-state index is 5.28. The average Bonchev–Trinajstić information content (AvgIpc) is 1.61. The molecule has 0 bridgehead atoms. The number of hydrogen-bond acceptors (Lipinski definition) is 1. The second-order valence-corrected chi connectivity index (χ2v) is 2.32. The smallest absolute Gasteiger partial charge is 0.00772 e. The van der Waals surface area contributed by atoms with Crippen LogP contribution in [0.25, 0.3) is 0 Å². The average molecular weight is 135 g/mol. The van der Waals surface area contributed by atoms with Gasteiger partial charge in [-0.2, -0.15) is 13.5 Å². The van der Waals surface area contributed by atoms with E-state index < -0.39 is 0 Å². The minimum absolute atomic E-state index is 0. The van der Waals surface area contributed by atoms with Crippen molar-refractivity contribution in [1.82, 2.24) is 0 Å². The highest BCUT2D eigenvalue weighted by Crippen LogP contribution is 2.00. The second-order valence-electron chi connectivity index (χ2n) is 2.32. The number of hydrogen-bond donors (Lipinski definition) is 1. The number of rotatable bonds is 3. The Balaban J connectivity index is 0. The molecule has 0 amide bonds. The van der Waals surface area contributed by atoms with E-state index in [1.165, 1.54) is 12.8 Å². The minimum Gasteiger partial charge on any atom is -0.330 e. The topological polar surface area (TPSA) is 26.0 Å². The largest absolute Gasteiger partial charge is 0.330 e. The molecule has 0 aliphatic carbocycles. The molecular formula is C6H17NS. The minimum atomic E-state index is 0. The van der Waals surface area contributed by atoms with Crippen LogP contribution < -0.4 is 5.73 Å². The van der Waals surface area contributed by atoms with Crippen LogP contribution in [0.5, 0.6) is 0 Å². The third kappa shape index (κ3) is 9.58. The quantitative estimate of drug-likeness (QED) is 0.623. The van der Waals surface area contributed by atoms with Crippen molar-refractivity contribution in [3.05, 3.63) is 0 Å². The fraction of sp³-hybridized carbons (Fsp3) is 1.00. The molecule has 0 radical (unpaired) electrons. The molecule has 1 nitrogen and oxygen atoms in total. The molecule has 0 aliphatic rings. The Labute approximate surface area is 59.1 Å². The van der Waals surface area contributed by atoms with Gasteiger partial charge in [0.1, 0.15) is 0 Å². The van der Waals surface area contributed by atoms with Crippen LogP contribution in [0.3, 0.4) is 0 Å². The van der Waals surface area contributed by atoms with Crippen molar-refractivity contribution in [2.24, 2.45) is 11.7 Å². The lowest BCUT2D eigenvalue weighted by Crippen LogP contribution is -1.99. The SMILES string of the molecule is CC(C)CCCN.S. The molecule has 0 rings (SSSR count). The van der Waals surface area contributed by atoms with Gasteiger partial charge < -0.3 is 5.73 Å². The highest BCUT2D eigenvalue weighted by Gasteiger charge is 1.88. The van der Waals surface area contributed by atoms with Crippen molar-refractivity contribution in [3.63, 3.8) is 0 Å². The molecule has 0 heterocycles. The zero-order valence-corrected chi connectivity index (χ0v) is 6.78. The van der Waals surface area contributed by atoms with E-state index in [0.717, 1.165) is 12.5 Å². The lowest BCUT2D eigenvalue weighted by molar-refractivity contribution is 0.561. The molecule has 0 aromatic carbocycles. The lowest BCUT2D eigenvalue weighted by Gasteiger charge is -1.98. The Kier molecular flexibility index (Phi) is 10.2. The highest BCUT2D eigenvalue weighted by atomic mass is 32.1. The molecule has 0 aromatic rings. The fourth-order valence-electron chi connectivity index (χ4n) is 0.526. The van der Waals surface area contributed by atoms with Crippen molar-refractivity contribution < 1.29 is 0 Å². The Hall–Kier alpha value is 0.310. The van der Waals surface area contributed by atoms with Crippen LogP contribution in [0.4, 0.5) is 0 Å². The van der Waals surface area contributed by atoms with Crippen LogP contribution in [0.2, 0.25) is 0 Å². The van der Waals surface area contributed by atoms with Crippen molar-refractivity contribution in [2.75, 3.05) is 6.54 Å². The van der Waals surface area contributed by atoms with Crippen LogP contribution in [-0.2, 0) is 0 Å². The van der Waals surface area contributed by atoms with Gasteiger partial charge in [0.15, 0.2) is 0 Å². The molecule has 0 spiro atoms. The van der Waals surface area contributed by atoms with Gasteiger partial charge in [0.2, 0.25) is 0 Å². The van der Waals surface area contributed by atoms with E-state index in [2.05, 4.69) is 13.8 Å². The van der Waals surface area contributed by atoms with Crippen molar-refractivity contribution in [1.29, 1.82) is 0 Å². The Morgan fingerprint density at radius 3 is 2.00 bits per heavy atom. The first-order valence-corrected chi connectivity index (χ1v) is 2.97. The maximum absolute atomic E-state index is 5.28. The molecule has 0 atom stereocenters. The van der Waals surface area contributed by atoms with E-state index in [0.29, 0.717) is 0 Å². The van der Waals surface area contributed by atoms with E-state index in [4.69, 9.17) is 5.73 Å². The molecular weight excluding hydrogens is 118 g/mol. The Morgan fingerprint density at radius 2 is 1.88 bits per heavy atom. The summed E-state index contributed by atoms with van der Waals surface area (Å²) in [7, 11) is 0. The standard InChI is InChI=1S/C6H15N.H2S/c1-6(2)4-3-5-7;/h6H,3-5,7H2,1-2H3;1H2. The Bertz CT molecular complexity index is 37.5. The van der Waals surface area contributed by atoms with Gasteiger partial charge in [-0.15, -0.1) is 0 Å². The third-order valence-corrected chi connectivity index (χ3v) is 0.986. The summed E-state index contributed by atoms with van der Waals surface area (Å²) >= 11 is 0. The summed E-state index contributed by atoms with van der Waals surface area (Å²) < 4.78 is 0. The summed E-state index contributed by atoms with van der Waals surface area (Å²) in [5, 5.41) is 0. The second kappa shape index (κ2) is 7.31. The van der Waals surface area contributed by atoms with Gasteiger partial charge in [-0.3, -0.25) is 0 Å². The summed E-state index contributed by atoms with van der Waals surface area (Å²) in [6.07, 6.45) is 2.45. The summed E-state index contributed by atoms with van der Waals surface area (Å²) in [4.78, 5) is 0. The van der Waals surface area contributed by atoms with Gasteiger partial charge in [0.25, 0.3) is 0 Å². The molecule has 2 heteroatoms. The van der Waals surface area contributed by atoms with Crippen LogP contribution in [0, 0.1) is 5.92 Å². The first-order valence-electron chi connectivity index (χ1n) is 2.97. The molecule has 0 saturated carbocycles. The zero-order chi connectivity index (χ0) is 5.70. The van der Waals surface area contributed by atoms with Crippen LogP contribution in [-0.4, -0.2) is 6.54 Å². The molecule has 2 N–H and O–H groups in total. The maximum Gasteiger partial charge on any atom is -0.00772 e. The highest BCUT2D eigenvalue weighted by molar-refractivity contribution is 7.59. The van der Waals surface area contributed by atoms with E-state index in [1.54, 1.807) is 0 Å². The monoisotopic (exact) mass is 135 g/mol. The van der Waals surface area contributed by atoms with E-state index in [1.807, 2.05) is 0 Å². The molecule has 0 aromatic heterocycles. The van der Waals surface area contributed by atoms with Crippen LogP contribution >= 0.6 is 13.5 Å². The molecule has 52 valence electrons. The Morgan fingerprint density at radius 1 is 1.38 bits per heavy atom. The van der Waals surface area contributed by atoms with Crippen LogP contribution in [0.1, 0.15) is 26.7 Å². The van der Waals surface area contributed by atoms with E-state index in [-0.39, 0.29) is 13.5 Å². The predicted molar refractivity (Wildman–Crippen MR) is 43.5 cm³/mol.